The molecule has 5 rings (SSSR count). The standard InChI is InChI=1S/C26H18N2OS/c29-26-21(13-20-10-12-25-24(15-20)28-17-30-25)16-27-23-11-9-19(14-22(23)26)8-4-7-18-5-2-1-3-6-18/h1-3,5-6,9-12,14-17H,7,13H2,(H,27,29). The Labute approximate surface area is 178 Å². The van der Waals surface area contributed by atoms with Crippen LogP contribution in [0.25, 0.3) is 21.1 Å². The third kappa shape index (κ3) is 3.76. The van der Waals surface area contributed by atoms with Gasteiger partial charge in [-0.05, 0) is 41.5 Å². The zero-order valence-corrected chi connectivity index (χ0v) is 17.0. The molecular formula is C26H18N2OS. The zero-order chi connectivity index (χ0) is 20.3. The number of benzene rings is 3. The highest BCUT2D eigenvalue weighted by Gasteiger charge is 2.10. The Bertz CT molecular complexity index is 1410. The number of thiazole rings is 1. The fraction of sp³-hybridized carbons (Fsp3) is 0.0769. The maximum atomic E-state index is 10.9. The Balaban J connectivity index is 1.44. The van der Waals surface area contributed by atoms with E-state index in [-0.39, 0.29) is 5.75 Å². The molecule has 0 unspecified atom stereocenters. The lowest BCUT2D eigenvalue weighted by molar-refractivity contribution is 0.475. The second kappa shape index (κ2) is 7.98. The first-order valence-corrected chi connectivity index (χ1v) is 10.6. The molecule has 3 nitrogen and oxygen atoms in total. The van der Waals surface area contributed by atoms with E-state index in [2.05, 4.69) is 52.1 Å². The first-order valence-electron chi connectivity index (χ1n) is 9.72. The van der Waals surface area contributed by atoms with Gasteiger partial charge >= 0.3 is 0 Å². The molecule has 0 bridgehead atoms. The number of nitrogens with zero attached hydrogens (tertiary/aromatic N) is 2. The molecule has 0 fully saturated rings. The molecule has 0 aliphatic rings. The van der Waals surface area contributed by atoms with Crippen LogP contribution in [0.15, 0.2) is 78.4 Å². The Hall–Kier alpha value is -3.68. The number of fused-ring (bicyclic) bond motifs is 2. The van der Waals surface area contributed by atoms with E-state index in [4.69, 9.17) is 0 Å². The summed E-state index contributed by atoms with van der Waals surface area (Å²) in [6.45, 7) is 0. The first kappa shape index (κ1) is 18.4. The number of pyridine rings is 1. The molecular weight excluding hydrogens is 388 g/mol. The quantitative estimate of drug-likeness (QED) is 0.389. The van der Waals surface area contributed by atoms with Gasteiger partial charge in [-0.2, -0.15) is 0 Å². The summed E-state index contributed by atoms with van der Waals surface area (Å²) in [5.41, 5.74) is 7.56. The molecule has 3 aromatic carbocycles. The number of hydrogen-bond donors (Lipinski definition) is 1. The Morgan fingerprint density at radius 3 is 2.67 bits per heavy atom. The van der Waals surface area contributed by atoms with Crippen LogP contribution in [-0.4, -0.2) is 15.1 Å². The lowest BCUT2D eigenvalue weighted by Crippen LogP contribution is -1.92. The molecule has 144 valence electrons. The van der Waals surface area contributed by atoms with Crippen molar-refractivity contribution in [2.24, 2.45) is 0 Å². The van der Waals surface area contributed by atoms with Crippen LogP contribution in [0, 0.1) is 11.8 Å². The predicted octanol–water partition coefficient (Wildman–Crippen LogP) is 5.74. The van der Waals surface area contributed by atoms with Crippen molar-refractivity contribution in [2.75, 3.05) is 0 Å². The van der Waals surface area contributed by atoms with Crippen LogP contribution < -0.4 is 0 Å². The highest BCUT2D eigenvalue weighted by molar-refractivity contribution is 7.16. The van der Waals surface area contributed by atoms with E-state index in [1.165, 1.54) is 10.3 Å². The largest absolute Gasteiger partial charge is 0.507 e. The van der Waals surface area contributed by atoms with Crippen molar-refractivity contribution < 1.29 is 5.11 Å². The average molecular weight is 407 g/mol. The maximum absolute atomic E-state index is 10.9. The van der Waals surface area contributed by atoms with Crippen molar-refractivity contribution in [3.8, 4) is 17.6 Å². The summed E-state index contributed by atoms with van der Waals surface area (Å²) in [6, 6.07) is 22.2. The van der Waals surface area contributed by atoms with E-state index < -0.39 is 0 Å². The van der Waals surface area contributed by atoms with Gasteiger partial charge in [-0.25, -0.2) is 4.98 Å². The normalized spacial score (nSPS) is 10.8. The van der Waals surface area contributed by atoms with Gasteiger partial charge in [0.05, 0.1) is 21.2 Å². The summed E-state index contributed by atoms with van der Waals surface area (Å²) in [5, 5.41) is 11.6. The van der Waals surface area contributed by atoms with E-state index in [1.54, 1.807) is 17.5 Å². The van der Waals surface area contributed by atoms with E-state index in [9.17, 15) is 5.11 Å². The number of rotatable bonds is 3. The average Bonchev–Trinajstić information content (AvgIpc) is 3.25. The smallest absolute Gasteiger partial charge is 0.130 e. The lowest BCUT2D eigenvalue weighted by atomic mass is 10.0. The zero-order valence-electron chi connectivity index (χ0n) is 16.2. The highest BCUT2D eigenvalue weighted by atomic mass is 32.1. The fourth-order valence-electron chi connectivity index (χ4n) is 3.50. The van der Waals surface area contributed by atoms with E-state index >= 15 is 0 Å². The minimum Gasteiger partial charge on any atom is -0.507 e. The molecule has 0 aliphatic carbocycles. The molecule has 0 amide bonds. The minimum atomic E-state index is 0.269. The molecule has 0 aliphatic heterocycles. The third-order valence-corrected chi connectivity index (χ3v) is 5.88. The minimum absolute atomic E-state index is 0.269. The fourth-order valence-corrected chi connectivity index (χ4v) is 4.16. The van der Waals surface area contributed by atoms with E-state index in [0.717, 1.165) is 33.1 Å². The van der Waals surface area contributed by atoms with E-state index in [0.29, 0.717) is 12.8 Å². The van der Waals surface area contributed by atoms with Gasteiger partial charge in [0, 0.05) is 35.6 Å². The number of aromatic nitrogens is 2. The molecule has 5 aromatic rings. The van der Waals surface area contributed by atoms with Gasteiger partial charge in [0.25, 0.3) is 0 Å². The Kier molecular flexibility index (Phi) is 4.88. The van der Waals surface area contributed by atoms with Crippen molar-refractivity contribution in [3.63, 3.8) is 0 Å². The molecule has 30 heavy (non-hydrogen) atoms. The summed E-state index contributed by atoms with van der Waals surface area (Å²) in [7, 11) is 0. The molecule has 2 aromatic heterocycles. The van der Waals surface area contributed by atoms with Crippen LogP contribution in [0.1, 0.15) is 22.3 Å². The van der Waals surface area contributed by atoms with Gasteiger partial charge < -0.3 is 5.11 Å². The van der Waals surface area contributed by atoms with Crippen molar-refractivity contribution in [1.82, 2.24) is 9.97 Å². The molecule has 0 saturated heterocycles. The molecule has 0 atom stereocenters. The van der Waals surface area contributed by atoms with Crippen molar-refractivity contribution in [3.05, 3.63) is 101 Å². The van der Waals surface area contributed by atoms with Gasteiger partial charge in [0.1, 0.15) is 5.75 Å². The van der Waals surface area contributed by atoms with Gasteiger partial charge in [-0.3, -0.25) is 4.98 Å². The lowest BCUT2D eigenvalue weighted by Gasteiger charge is -2.08. The Morgan fingerprint density at radius 1 is 0.867 bits per heavy atom. The molecule has 0 spiro atoms. The second-order valence-electron chi connectivity index (χ2n) is 7.16. The number of hydrogen-bond acceptors (Lipinski definition) is 4. The topological polar surface area (TPSA) is 46.0 Å². The predicted molar refractivity (Wildman–Crippen MR) is 123 cm³/mol. The van der Waals surface area contributed by atoms with Gasteiger partial charge in [-0.1, -0.05) is 48.2 Å². The van der Waals surface area contributed by atoms with Crippen LogP contribution in [0.2, 0.25) is 0 Å². The monoisotopic (exact) mass is 406 g/mol. The summed E-state index contributed by atoms with van der Waals surface area (Å²) in [5.74, 6) is 6.68. The van der Waals surface area contributed by atoms with Gasteiger partial charge in [0.15, 0.2) is 0 Å². The molecule has 4 heteroatoms. The Morgan fingerprint density at radius 2 is 1.77 bits per heavy atom. The first-order chi connectivity index (χ1) is 14.8. The van der Waals surface area contributed by atoms with Gasteiger partial charge in [0.2, 0.25) is 0 Å². The van der Waals surface area contributed by atoms with Crippen LogP contribution in [0.4, 0.5) is 0 Å². The van der Waals surface area contributed by atoms with Crippen LogP contribution in [0.5, 0.6) is 5.75 Å². The summed E-state index contributed by atoms with van der Waals surface area (Å²) >= 11 is 1.63. The second-order valence-corrected chi connectivity index (χ2v) is 8.05. The van der Waals surface area contributed by atoms with Crippen molar-refractivity contribution >= 4 is 32.5 Å². The molecule has 2 heterocycles. The molecule has 0 radical (unpaired) electrons. The van der Waals surface area contributed by atoms with Crippen LogP contribution in [-0.2, 0) is 12.8 Å². The van der Waals surface area contributed by atoms with Gasteiger partial charge in [-0.15, -0.1) is 11.3 Å². The van der Waals surface area contributed by atoms with E-state index in [1.807, 2.05) is 41.9 Å². The summed E-state index contributed by atoms with van der Waals surface area (Å²) in [4.78, 5) is 8.92. The molecule has 0 saturated carbocycles. The third-order valence-electron chi connectivity index (χ3n) is 5.07. The van der Waals surface area contributed by atoms with Crippen LogP contribution >= 0.6 is 11.3 Å². The highest BCUT2D eigenvalue weighted by Crippen LogP contribution is 2.30. The molecule has 1 N–H and O–H groups in total. The van der Waals surface area contributed by atoms with Crippen LogP contribution in [0.3, 0.4) is 0 Å². The number of aromatic hydroxyl groups is 1. The maximum Gasteiger partial charge on any atom is 0.130 e. The van der Waals surface area contributed by atoms with Crippen molar-refractivity contribution in [2.45, 2.75) is 12.8 Å². The SMILES string of the molecule is Oc1c(Cc2ccc3scnc3c2)cnc2ccc(C#CCc3ccccc3)cc12. The summed E-state index contributed by atoms with van der Waals surface area (Å²) in [6.07, 6.45) is 3.05. The van der Waals surface area contributed by atoms with Crippen molar-refractivity contribution in [1.29, 1.82) is 0 Å². The summed E-state index contributed by atoms with van der Waals surface area (Å²) < 4.78 is 1.17.